The van der Waals surface area contributed by atoms with Gasteiger partial charge in [-0.25, -0.2) is 8.42 Å². The number of sulfonamides is 1. The summed E-state index contributed by atoms with van der Waals surface area (Å²) in [6.45, 7) is 2.15. The number of hydrogen-bond donors (Lipinski definition) is 1. The summed E-state index contributed by atoms with van der Waals surface area (Å²) < 4.78 is 67.2. The Balaban J connectivity index is 2.00. The first-order valence-electron chi connectivity index (χ1n) is 8.46. The van der Waals surface area contributed by atoms with Gasteiger partial charge in [0.2, 0.25) is 5.91 Å². The van der Waals surface area contributed by atoms with Crippen LogP contribution in [-0.4, -0.2) is 20.9 Å². The Bertz CT molecular complexity index is 1090. The number of hydrogen-bond acceptors (Lipinski definition) is 3. The number of anilines is 2. The van der Waals surface area contributed by atoms with Gasteiger partial charge in [-0.2, -0.15) is 13.2 Å². The third-order valence-corrected chi connectivity index (χ3v) is 7.12. The van der Waals surface area contributed by atoms with Crippen LogP contribution in [0.2, 0.25) is 5.02 Å². The van der Waals surface area contributed by atoms with Gasteiger partial charge in [-0.15, -0.1) is 0 Å². The summed E-state index contributed by atoms with van der Waals surface area (Å²) in [6.07, 6.45) is -3.88. The van der Waals surface area contributed by atoms with E-state index in [9.17, 15) is 26.4 Å². The molecule has 1 N–H and O–H groups in total. The van der Waals surface area contributed by atoms with Gasteiger partial charge in [0.05, 0.1) is 10.6 Å². The first kappa shape index (κ1) is 21.9. The van der Waals surface area contributed by atoms with Gasteiger partial charge in [0.1, 0.15) is 4.90 Å². The standard InChI is InChI=1S/C18H15BrClF3N2O3S/c1-2-17(26)25-6-5-10-7-13(19)16(9-15(10)25)29(27,28)24-11-3-4-14(20)12(8-11)18(21,22)23/h3-4,7-9,24H,2,5-6H2,1H3. The van der Waals surface area contributed by atoms with E-state index in [1.54, 1.807) is 13.0 Å². The lowest BCUT2D eigenvalue weighted by Crippen LogP contribution is -2.28. The summed E-state index contributed by atoms with van der Waals surface area (Å²) in [6, 6.07) is 5.71. The molecule has 1 amide bonds. The Kier molecular flexibility index (Phi) is 5.90. The Morgan fingerprint density at radius 3 is 2.59 bits per heavy atom. The van der Waals surface area contributed by atoms with Crippen molar-refractivity contribution in [1.82, 2.24) is 0 Å². The Labute approximate surface area is 179 Å². The zero-order valence-corrected chi connectivity index (χ0v) is 18.1. The SMILES string of the molecule is CCC(=O)N1CCc2cc(Br)c(S(=O)(=O)Nc3ccc(Cl)c(C(F)(F)F)c3)cc21. The maximum atomic E-state index is 13.0. The van der Waals surface area contributed by atoms with Gasteiger partial charge in [-0.1, -0.05) is 18.5 Å². The molecule has 29 heavy (non-hydrogen) atoms. The first-order chi connectivity index (χ1) is 13.4. The molecular formula is C18H15BrClF3N2O3S. The number of nitrogens with zero attached hydrogens (tertiary/aromatic N) is 1. The van der Waals surface area contributed by atoms with E-state index in [4.69, 9.17) is 11.6 Å². The lowest BCUT2D eigenvalue weighted by atomic mass is 10.2. The average molecular weight is 512 g/mol. The number of carbonyl (C=O) groups excluding carboxylic acids is 1. The Hall–Kier alpha value is -1.78. The van der Waals surface area contributed by atoms with Crippen molar-refractivity contribution in [3.05, 3.63) is 51.0 Å². The lowest BCUT2D eigenvalue weighted by molar-refractivity contribution is -0.137. The van der Waals surface area contributed by atoms with Crippen LogP contribution in [0.15, 0.2) is 39.7 Å². The van der Waals surface area contributed by atoms with Crippen LogP contribution in [0, 0.1) is 0 Å². The molecule has 0 unspecified atom stereocenters. The second kappa shape index (κ2) is 7.81. The van der Waals surface area contributed by atoms with Crippen LogP contribution in [0.1, 0.15) is 24.5 Å². The van der Waals surface area contributed by atoms with Crippen molar-refractivity contribution in [3.8, 4) is 0 Å². The molecule has 0 spiro atoms. The molecule has 0 bridgehead atoms. The van der Waals surface area contributed by atoms with Gasteiger partial charge in [0.25, 0.3) is 10.0 Å². The number of benzene rings is 2. The summed E-state index contributed by atoms with van der Waals surface area (Å²) in [5.41, 5.74) is -0.140. The van der Waals surface area contributed by atoms with Crippen LogP contribution in [0.3, 0.4) is 0 Å². The lowest BCUT2D eigenvalue weighted by Gasteiger charge is -2.18. The molecule has 1 aliphatic rings. The van der Waals surface area contributed by atoms with Gasteiger partial charge < -0.3 is 4.90 Å². The van der Waals surface area contributed by atoms with Gasteiger partial charge in [-0.05, 0) is 58.2 Å². The predicted octanol–water partition coefficient (Wildman–Crippen LogP) is 5.22. The molecule has 0 aliphatic carbocycles. The third kappa shape index (κ3) is 4.39. The molecule has 0 atom stereocenters. The van der Waals surface area contributed by atoms with Gasteiger partial charge in [-0.3, -0.25) is 9.52 Å². The van der Waals surface area contributed by atoms with Crippen molar-refractivity contribution in [2.45, 2.75) is 30.8 Å². The number of rotatable bonds is 4. The number of nitrogens with one attached hydrogen (secondary N) is 1. The molecule has 0 fully saturated rings. The summed E-state index contributed by atoms with van der Waals surface area (Å²) in [7, 11) is -4.24. The third-order valence-electron chi connectivity index (χ3n) is 4.45. The van der Waals surface area contributed by atoms with Crippen LogP contribution in [-0.2, 0) is 27.4 Å². The number of amides is 1. The van der Waals surface area contributed by atoms with Crippen LogP contribution >= 0.6 is 27.5 Å². The highest BCUT2D eigenvalue weighted by molar-refractivity contribution is 9.10. The summed E-state index contributed by atoms with van der Waals surface area (Å²) in [5.74, 6) is -0.144. The number of halogens is 5. The molecule has 0 radical (unpaired) electrons. The second-order valence-electron chi connectivity index (χ2n) is 6.36. The summed E-state index contributed by atoms with van der Waals surface area (Å²) in [5, 5.41) is -0.534. The summed E-state index contributed by atoms with van der Waals surface area (Å²) in [4.78, 5) is 13.4. The predicted molar refractivity (Wildman–Crippen MR) is 108 cm³/mol. The largest absolute Gasteiger partial charge is 0.417 e. The van der Waals surface area contributed by atoms with E-state index in [2.05, 4.69) is 20.7 Å². The van der Waals surface area contributed by atoms with Crippen molar-refractivity contribution < 1.29 is 26.4 Å². The molecule has 5 nitrogen and oxygen atoms in total. The Morgan fingerprint density at radius 2 is 1.97 bits per heavy atom. The molecule has 0 saturated heterocycles. The normalized spacial score (nSPS) is 14.1. The molecule has 156 valence electrons. The van der Waals surface area contributed by atoms with E-state index < -0.39 is 26.8 Å². The zero-order valence-electron chi connectivity index (χ0n) is 15.0. The molecule has 11 heteroatoms. The van der Waals surface area contributed by atoms with Crippen molar-refractivity contribution in [3.63, 3.8) is 0 Å². The maximum absolute atomic E-state index is 13.0. The number of fused-ring (bicyclic) bond motifs is 1. The maximum Gasteiger partial charge on any atom is 0.417 e. The highest BCUT2D eigenvalue weighted by Gasteiger charge is 2.34. The number of alkyl halides is 3. The fraction of sp³-hybridized carbons (Fsp3) is 0.278. The highest BCUT2D eigenvalue weighted by Crippen LogP contribution is 2.38. The minimum Gasteiger partial charge on any atom is -0.312 e. The van der Waals surface area contributed by atoms with Crippen LogP contribution in [0.25, 0.3) is 0 Å². The van der Waals surface area contributed by atoms with E-state index in [0.29, 0.717) is 24.7 Å². The average Bonchev–Trinajstić information content (AvgIpc) is 3.03. The van der Waals surface area contributed by atoms with E-state index in [0.717, 1.165) is 17.7 Å². The first-order valence-corrected chi connectivity index (χ1v) is 11.1. The van der Waals surface area contributed by atoms with Crippen LogP contribution in [0.5, 0.6) is 0 Å². The molecule has 2 aromatic carbocycles. The van der Waals surface area contributed by atoms with E-state index >= 15 is 0 Å². The molecule has 2 aromatic rings. The van der Waals surface area contributed by atoms with Gasteiger partial charge in [0, 0.05) is 28.8 Å². The van der Waals surface area contributed by atoms with E-state index in [1.165, 1.54) is 11.0 Å². The van der Waals surface area contributed by atoms with Gasteiger partial charge in [0.15, 0.2) is 0 Å². The second-order valence-corrected chi connectivity index (χ2v) is 9.27. The minimum atomic E-state index is -4.73. The van der Waals surface area contributed by atoms with Crippen molar-refractivity contribution in [1.29, 1.82) is 0 Å². The van der Waals surface area contributed by atoms with Crippen molar-refractivity contribution >= 4 is 54.8 Å². The van der Waals surface area contributed by atoms with E-state index in [1.807, 2.05) is 0 Å². The van der Waals surface area contributed by atoms with Crippen LogP contribution < -0.4 is 9.62 Å². The van der Waals surface area contributed by atoms with Crippen molar-refractivity contribution in [2.24, 2.45) is 0 Å². The molecular weight excluding hydrogens is 497 g/mol. The van der Waals surface area contributed by atoms with E-state index in [-0.39, 0.29) is 27.4 Å². The monoisotopic (exact) mass is 510 g/mol. The van der Waals surface area contributed by atoms with Gasteiger partial charge >= 0.3 is 6.18 Å². The highest BCUT2D eigenvalue weighted by atomic mass is 79.9. The van der Waals surface area contributed by atoms with Crippen molar-refractivity contribution in [2.75, 3.05) is 16.2 Å². The molecule has 0 aromatic heterocycles. The topological polar surface area (TPSA) is 66.5 Å². The Morgan fingerprint density at radius 1 is 1.28 bits per heavy atom. The number of carbonyl (C=O) groups is 1. The zero-order chi connectivity index (χ0) is 21.6. The van der Waals surface area contributed by atoms with Crippen LogP contribution in [0.4, 0.5) is 24.5 Å². The molecule has 1 heterocycles. The fourth-order valence-corrected chi connectivity index (χ4v) is 5.44. The smallest absolute Gasteiger partial charge is 0.312 e. The fourth-order valence-electron chi connectivity index (χ4n) is 3.06. The molecule has 0 saturated carbocycles. The minimum absolute atomic E-state index is 0.144. The molecule has 1 aliphatic heterocycles. The summed E-state index contributed by atoms with van der Waals surface area (Å²) >= 11 is 8.78. The quantitative estimate of drug-likeness (QED) is 0.612. The molecule has 3 rings (SSSR count).